The average Bonchev–Trinajstić information content (AvgIpc) is 2.65. The van der Waals surface area contributed by atoms with E-state index >= 15 is 0 Å². The molecule has 0 amide bonds. The lowest BCUT2D eigenvalue weighted by atomic mass is 10.2. The quantitative estimate of drug-likeness (QED) is 0.851. The number of para-hydroxylation sites is 1. The fourth-order valence-corrected chi connectivity index (χ4v) is 1.82. The minimum atomic E-state index is 0.490. The monoisotopic (exact) mass is 218 g/mol. The van der Waals surface area contributed by atoms with Crippen molar-refractivity contribution in [3.8, 4) is 0 Å². The van der Waals surface area contributed by atoms with Gasteiger partial charge < -0.3 is 10.2 Å². The van der Waals surface area contributed by atoms with E-state index in [-0.39, 0.29) is 0 Å². The van der Waals surface area contributed by atoms with Crippen LogP contribution in [-0.2, 0) is 6.54 Å². The number of benzene rings is 1. The van der Waals surface area contributed by atoms with Crippen LogP contribution in [0.1, 0.15) is 19.4 Å². The van der Waals surface area contributed by atoms with Crippen molar-refractivity contribution in [2.24, 2.45) is 0 Å². The van der Waals surface area contributed by atoms with E-state index in [4.69, 9.17) is 4.84 Å². The van der Waals surface area contributed by atoms with Crippen LogP contribution in [0.3, 0.4) is 0 Å². The minimum absolute atomic E-state index is 0.490. The number of nitrogens with one attached hydrogen (secondary N) is 1. The lowest BCUT2D eigenvalue weighted by Crippen LogP contribution is -2.21. The van der Waals surface area contributed by atoms with Crippen molar-refractivity contribution in [3.05, 3.63) is 36.0 Å². The van der Waals surface area contributed by atoms with Crippen LogP contribution in [0.15, 0.2) is 30.5 Å². The molecule has 1 N–H and O–H groups in total. The zero-order chi connectivity index (χ0) is 11.5. The van der Waals surface area contributed by atoms with Gasteiger partial charge in [-0.25, -0.2) is 0 Å². The third-order valence-electron chi connectivity index (χ3n) is 2.66. The van der Waals surface area contributed by atoms with Crippen molar-refractivity contribution in [1.82, 2.24) is 10.0 Å². The van der Waals surface area contributed by atoms with Crippen molar-refractivity contribution >= 4 is 10.9 Å². The Morgan fingerprint density at radius 3 is 2.75 bits per heavy atom. The topological polar surface area (TPSA) is 26.2 Å². The van der Waals surface area contributed by atoms with Crippen LogP contribution in [0.5, 0.6) is 0 Å². The van der Waals surface area contributed by atoms with Gasteiger partial charge in [0, 0.05) is 24.2 Å². The minimum Gasteiger partial charge on any atom is -0.417 e. The maximum atomic E-state index is 5.30. The maximum Gasteiger partial charge on any atom is 0.104 e. The fourth-order valence-electron chi connectivity index (χ4n) is 1.82. The highest BCUT2D eigenvalue weighted by atomic mass is 16.6. The maximum absolute atomic E-state index is 5.30. The summed E-state index contributed by atoms with van der Waals surface area (Å²) in [7, 11) is 1.69. The average molecular weight is 218 g/mol. The van der Waals surface area contributed by atoms with E-state index in [9.17, 15) is 0 Å². The second-order valence-electron chi connectivity index (χ2n) is 4.22. The summed E-state index contributed by atoms with van der Waals surface area (Å²) < 4.78 is 1.81. The van der Waals surface area contributed by atoms with Crippen LogP contribution in [0.2, 0.25) is 0 Å². The highest BCUT2D eigenvalue weighted by Gasteiger charge is 2.07. The molecule has 3 nitrogen and oxygen atoms in total. The van der Waals surface area contributed by atoms with Crippen LogP contribution in [0.25, 0.3) is 10.9 Å². The van der Waals surface area contributed by atoms with Gasteiger partial charge in [0.15, 0.2) is 0 Å². The van der Waals surface area contributed by atoms with E-state index in [2.05, 4.69) is 37.4 Å². The SMILES string of the molecule is COn1cc(CNC(C)C)c2ccccc21. The highest BCUT2D eigenvalue weighted by molar-refractivity contribution is 5.83. The lowest BCUT2D eigenvalue weighted by Gasteiger charge is -2.06. The van der Waals surface area contributed by atoms with E-state index in [1.54, 1.807) is 7.11 Å². The number of nitrogens with zero attached hydrogens (tertiary/aromatic N) is 1. The Bertz CT molecular complexity index is 474. The fraction of sp³-hybridized carbons (Fsp3) is 0.385. The zero-order valence-corrected chi connectivity index (χ0v) is 10.0. The van der Waals surface area contributed by atoms with Crippen molar-refractivity contribution in [3.63, 3.8) is 0 Å². The van der Waals surface area contributed by atoms with Crippen LogP contribution in [0, 0.1) is 0 Å². The normalized spacial score (nSPS) is 11.2. The molecule has 2 aromatic rings. The number of hydrogen-bond acceptors (Lipinski definition) is 2. The number of hydrogen-bond donors (Lipinski definition) is 1. The molecule has 3 heteroatoms. The van der Waals surface area contributed by atoms with Gasteiger partial charge in [0.2, 0.25) is 0 Å². The molecule has 86 valence electrons. The van der Waals surface area contributed by atoms with E-state index in [1.807, 2.05) is 17.0 Å². The van der Waals surface area contributed by atoms with Gasteiger partial charge in [-0.2, -0.15) is 4.73 Å². The molecule has 0 unspecified atom stereocenters. The van der Waals surface area contributed by atoms with Gasteiger partial charge >= 0.3 is 0 Å². The first-order valence-corrected chi connectivity index (χ1v) is 5.59. The summed E-state index contributed by atoms with van der Waals surface area (Å²) in [5.74, 6) is 0. The summed E-state index contributed by atoms with van der Waals surface area (Å²) in [5, 5.41) is 4.67. The Balaban J connectivity index is 2.37. The molecule has 0 fully saturated rings. The summed E-state index contributed by atoms with van der Waals surface area (Å²) in [6.07, 6.45) is 2.04. The van der Waals surface area contributed by atoms with Crippen LogP contribution in [0.4, 0.5) is 0 Å². The predicted octanol–water partition coefficient (Wildman–Crippen LogP) is 2.20. The molecule has 1 aromatic heterocycles. The summed E-state index contributed by atoms with van der Waals surface area (Å²) in [6, 6.07) is 8.77. The molecule has 0 saturated carbocycles. The molecule has 0 spiro atoms. The first-order valence-electron chi connectivity index (χ1n) is 5.59. The number of rotatable bonds is 4. The molecule has 0 bridgehead atoms. The van der Waals surface area contributed by atoms with Crippen molar-refractivity contribution < 1.29 is 4.84 Å². The molecule has 0 aliphatic carbocycles. The van der Waals surface area contributed by atoms with Crippen molar-refractivity contribution in [2.45, 2.75) is 26.4 Å². The molecule has 16 heavy (non-hydrogen) atoms. The molecule has 2 rings (SSSR count). The third kappa shape index (κ3) is 2.04. The second-order valence-corrected chi connectivity index (χ2v) is 4.22. The van der Waals surface area contributed by atoms with Crippen LogP contribution in [-0.4, -0.2) is 17.9 Å². The Kier molecular flexibility index (Phi) is 3.15. The molecular weight excluding hydrogens is 200 g/mol. The van der Waals surface area contributed by atoms with Gasteiger partial charge in [0.05, 0.1) is 5.52 Å². The Morgan fingerprint density at radius 2 is 2.06 bits per heavy atom. The molecule has 0 saturated heterocycles. The third-order valence-corrected chi connectivity index (χ3v) is 2.66. The molecule has 0 aliphatic rings. The molecule has 0 radical (unpaired) electrons. The first-order chi connectivity index (χ1) is 7.72. The van der Waals surface area contributed by atoms with E-state index in [1.165, 1.54) is 10.9 Å². The highest BCUT2D eigenvalue weighted by Crippen LogP contribution is 2.20. The number of aromatic nitrogens is 1. The van der Waals surface area contributed by atoms with Crippen LogP contribution >= 0.6 is 0 Å². The first kappa shape index (κ1) is 11.0. The summed E-state index contributed by atoms with van der Waals surface area (Å²) in [4.78, 5) is 5.30. The van der Waals surface area contributed by atoms with Gasteiger partial charge in [-0.3, -0.25) is 0 Å². The summed E-state index contributed by atoms with van der Waals surface area (Å²) in [5.41, 5.74) is 2.39. The Morgan fingerprint density at radius 1 is 1.31 bits per heavy atom. The van der Waals surface area contributed by atoms with Gasteiger partial charge in [-0.05, 0) is 11.6 Å². The molecule has 0 aliphatic heterocycles. The van der Waals surface area contributed by atoms with Crippen molar-refractivity contribution in [1.29, 1.82) is 0 Å². The molecular formula is C13H18N2O. The molecule has 1 heterocycles. The van der Waals surface area contributed by atoms with Gasteiger partial charge in [0.25, 0.3) is 0 Å². The van der Waals surface area contributed by atoms with Gasteiger partial charge in [-0.1, -0.05) is 32.0 Å². The summed E-state index contributed by atoms with van der Waals surface area (Å²) in [6.45, 7) is 5.17. The van der Waals surface area contributed by atoms with E-state index in [0.717, 1.165) is 12.1 Å². The summed E-state index contributed by atoms with van der Waals surface area (Å²) >= 11 is 0. The Labute approximate surface area is 96.0 Å². The van der Waals surface area contributed by atoms with Crippen LogP contribution < -0.4 is 10.2 Å². The Hall–Kier alpha value is -1.48. The molecule has 0 atom stereocenters. The predicted molar refractivity (Wildman–Crippen MR) is 66.4 cm³/mol. The van der Waals surface area contributed by atoms with Gasteiger partial charge in [-0.15, -0.1) is 0 Å². The van der Waals surface area contributed by atoms with Crippen molar-refractivity contribution in [2.75, 3.05) is 7.11 Å². The van der Waals surface area contributed by atoms with E-state index < -0.39 is 0 Å². The largest absolute Gasteiger partial charge is 0.417 e. The van der Waals surface area contributed by atoms with E-state index in [0.29, 0.717) is 6.04 Å². The van der Waals surface area contributed by atoms with Gasteiger partial charge in [0.1, 0.15) is 7.11 Å². The lowest BCUT2D eigenvalue weighted by molar-refractivity contribution is 0.178. The zero-order valence-electron chi connectivity index (χ0n) is 10.0. The number of fused-ring (bicyclic) bond motifs is 1. The smallest absolute Gasteiger partial charge is 0.104 e. The standard InChI is InChI=1S/C13H18N2O/c1-10(2)14-8-11-9-15(16-3)13-7-5-4-6-12(11)13/h4-7,9-10,14H,8H2,1-3H3. The molecule has 1 aromatic carbocycles. The second kappa shape index (κ2) is 4.58.